The third kappa shape index (κ3) is 4.46. The van der Waals surface area contributed by atoms with Crippen LogP contribution in [0.5, 0.6) is 0 Å². The van der Waals surface area contributed by atoms with Crippen molar-refractivity contribution >= 4 is 27.1 Å². The van der Waals surface area contributed by atoms with Gasteiger partial charge in [0.2, 0.25) is 10.0 Å². The highest BCUT2D eigenvalue weighted by atomic mass is 32.2. The molecule has 0 saturated heterocycles. The van der Waals surface area contributed by atoms with E-state index >= 15 is 0 Å². The number of rotatable bonds is 7. The summed E-state index contributed by atoms with van der Waals surface area (Å²) >= 11 is 0. The van der Waals surface area contributed by atoms with Crippen molar-refractivity contribution in [3.05, 3.63) is 58.1 Å². The number of sulfonamides is 1. The van der Waals surface area contributed by atoms with Crippen LogP contribution in [-0.2, 0) is 16.6 Å². The topological polar surface area (TPSA) is 105 Å². The number of nitro groups is 1. The number of nitrogens with zero attached hydrogens (tertiary/aromatic N) is 2. The number of hydrogen-bond acceptors (Lipinski definition) is 6. The number of nitrogens with one attached hydrogen (secondary N) is 2. The van der Waals surface area contributed by atoms with Crippen molar-refractivity contribution in [3.63, 3.8) is 0 Å². The molecule has 0 unspecified atom stereocenters. The lowest BCUT2D eigenvalue weighted by Gasteiger charge is -2.13. The van der Waals surface area contributed by atoms with Gasteiger partial charge in [0.1, 0.15) is 5.69 Å². The summed E-state index contributed by atoms with van der Waals surface area (Å²) in [6, 6.07) is 11.5. The Hall–Kier alpha value is -2.65. The Morgan fingerprint density at radius 2 is 1.76 bits per heavy atom. The van der Waals surface area contributed by atoms with E-state index in [0.717, 1.165) is 17.3 Å². The summed E-state index contributed by atoms with van der Waals surface area (Å²) in [6.07, 6.45) is 0. The summed E-state index contributed by atoms with van der Waals surface area (Å²) in [5.74, 6) is 0. The van der Waals surface area contributed by atoms with Gasteiger partial charge in [-0.1, -0.05) is 12.1 Å². The van der Waals surface area contributed by atoms with Gasteiger partial charge in [-0.15, -0.1) is 0 Å². The smallest absolute Gasteiger partial charge is 0.293 e. The fourth-order valence-electron chi connectivity index (χ4n) is 2.21. The van der Waals surface area contributed by atoms with Gasteiger partial charge in [0.25, 0.3) is 5.69 Å². The van der Waals surface area contributed by atoms with E-state index in [1.165, 1.54) is 19.2 Å². The molecule has 2 N–H and O–H groups in total. The minimum Gasteiger partial charge on any atom is -0.378 e. The minimum absolute atomic E-state index is 0.150. The second-order valence-electron chi connectivity index (χ2n) is 5.56. The largest absolute Gasteiger partial charge is 0.378 e. The van der Waals surface area contributed by atoms with Crippen molar-refractivity contribution in [1.82, 2.24) is 4.72 Å². The Kier molecular flexibility index (Phi) is 5.60. The van der Waals surface area contributed by atoms with Crippen molar-refractivity contribution in [2.24, 2.45) is 0 Å². The molecule has 0 atom stereocenters. The summed E-state index contributed by atoms with van der Waals surface area (Å²) in [5, 5.41) is 14.3. The molecular weight excluding hydrogens is 344 g/mol. The van der Waals surface area contributed by atoms with Gasteiger partial charge >= 0.3 is 0 Å². The zero-order chi connectivity index (χ0) is 18.6. The maximum Gasteiger partial charge on any atom is 0.293 e. The lowest BCUT2D eigenvalue weighted by molar-refractivity contribution is -0.384. The van der Waals surface area contributed by atoms with Crippen LogP contribution in [-0.4, -0.2) is 34.5 Å². The second kappa shape index (κ2) is 7.49. The molecule has 0 aliphatic rings. The SMILES string of the molecule is CNS(=O)(=O)c1ccc(NCc2ccc(N(C)C)cc2)c([N+](=O)[O-])c1. The standard InChI is InChI=1S/C16H20N4O4S/c1-17-25(23,24)14-8-9-15(16(10-14)20(21)22)18-11-12-4-6-13(7-5-12)19(2)3/h4-10,17-18H,11H2,1-3H3. The molecule has 2 aromatic rings. The molecule has 0 aliphatic carbocycles. The van der Waals surface area contributed by atoms with E-state index in [1.807, 2.05) is 43.3 Å². The van der Waals surface area contributed by atoms with Crippen molar-refractivity contribution in [2.75, 3.05) is 31.4 Å². The van der Waals surface area contributed by atoms with Crippen LogP contribution < -0.4 is 14.9 Å². The molecular formula is C16H20N4O4S. The molecule has 0 spiro atoms. The summed E-state index contributed by atoms with van der Waals surface area (Å²) in [6.45, 7) is 0.382. The van der Waals surface area contributed by atoms with Crippen LogP contribution in [0.1, 0.15) is 5.56 Å². The highest BCUT2D eigenvalue weighted by Gasteiger charge is 2.20. The van der Waals surface area contributed by atoms with Crippen molar-refractivity contribution in [3.8, 4) is 0 Å². The molecule has 8 nitrogen and oxygen atoms in total. The number of benzene rings is 2. The van der Waals surface area contributed by atoms with Crippen LogP contribution in [0.3, 0.4) is 0 Å². The lowest BCUT2D eigenvalue weighted by atomic mass is 10.2. The highest BCUT2D eigenvalue weighted by molar-refractivity contribution is 7.89. The van der Waals surface area contributed by atoms with E-state index in [-0.39, 0.29) is 16.3 Å². The maximum atomic E-state index is 11.8. The van der Waals surface area contributed by atoms with E-state index in [0.29, 0.717) is 6.54 Å². The van der Waals surface area contributed by atoms with Gasteiger partial charge in [0, 0.05) is 32.4 Å². The highest BCUT2D eigenvalue weighted by Crippen LogP contribution is 2.28. The first-order valence-corrected chi connectivity index (χ1v) is 8.95. The molecule has 0 heterocycles. The molecule has 2 rings (SSSR count). The fourth-order valence-corrected chi connectivity index (χ4v) is 2.96. The van der Waals surface area contributed by atoms with Crippen LogP contribution in [0.2, 0.25) is 0 Å². The molecule has 0 aliphatic heterocycles. The molecule has 9 heteroatoms. The Labute approximate surface area is 146 Å². The van der Waals surface area contributed by atoms with Crippen molar-refractivity contribution < 1.29 is 13.3 Å². The van der Waals surface area contributed by atoms with Gasteiger partial charge in [0.05, 0.1) is 9.82 Å². The third-order valence-electron chi connectivity index (χ3n) is 3.68. The van der Waals surface area contributed by atoms with E-state index in [2.05, 4.69) is 10.0 Å². The normalized spacial score (nSPS) is 11.2. The van der Waals surface area contributed by atoms with Gasteiger partial charge in [-0.3, -0.25) is 10.1 Å². The molecule has 0 bridgehead atoms. The average molecular weight is 364 g/mol. The molecule has 0 radical (unpaired) electrons. The van der Waals surface area contributed by atoms with Gasteiger partial charge in [-0.05, 0) is 36.9 Å². The average Bonchev–Trinajstić information content (AvgIpc) is 2.60. The summed E-state index contributed by atoms with van der Waals surface area (Å²) in [5.41, 5.74) is 1.97. The predicted octanol–water partition coefficient (Wildman–Crippen LogP) is 2.18. The van der Waals surface area contributed by atoms with Gasteiger partial charge in [-0.25, -0.2) is 13.1 Å². The fraction of sp³-hybridized carbons (Fsp3) is 0.250. The summed E-state index contributed by atoms with van der Waals surface area (Å²) in [4.78, 5) is 12.5. The molecule has 0 fully saturated rings. The van der Waals surface area contributed by atoms with E-state index < -0.39 is 14.9 Å². The van der Waals surface area contributed by atoms with Gasteiger partial charge in [-0.2, -0.15) is 0 Å². The lowest BCUT2D eigenvalue weighted by Crippen LogP contribution is -2.18. The van der Waals surface area contributed by atoms with E-state index in [9.17, 15) is 18.5 Å². The monoisotopic (exact) mass is 364 g/mol. The maximum absolute atomic E-state index is 11.8. The van der Waals surface area contributed by atoms with Gasteiger partial charge in [0.15, 0.2) is 0 Å². The molecule has 2 aromatic carbocycles. The Balaban J connectivity index is 2.23. The van der Waals surface area contributed by atoms with E-state index in [1.54, 1.807) is 0 Å². The molecule has 134 valence electrons. The van der Waals surface area contributed by atoms with Crippen molar-refractivity contribution in [2.45, 2.75) is 11.4 Å². The molecule has 25 heavy (non-hydrogen) atoms. The molecule has 0 saturated carbocycles. The van der Waals surface area contributed by atoms with Crippen LogP contribution in [0.4, 0.5) is 17.1 Å². The zero-order valence-electron chi connectivity index (χ0n) is 14.2. The first-order chi connectivity index (χ1) is 11.7. The Bertz CT molecular complexity index is 864. The summed E-state index contributed by atoms with van der Waals surface area (Å²) < 4.78 is 25.7. The van der Waals surface area contributed by atoms with E-state index in [4.69, 9.17) is 0 Å². The third-order valence-corrected chi connectivity index (χ3v) is 5.09. The van der Waals surface area contributed by atoms with Crippen LogP contribution in [0.15, 0.2) is 47.4 Å². The summed E-state index contributed by atoms with van der Waals surface area (Å²) in [7, 11) is 1.40. The number of nitro benzene ring substituents is 1. The first kappa shape index (κ1) is 18.7. The van der Waals surface area contributed by atoms with Crippen LogP contribution in [0.25, 0.3) is 0 Å². The Morgan fingerprint density at radius 3 is 2.28 bits per heavy atom. The zero-order valence-corrected chi connectivity index (χ0v) is 15.0. The number of anilines is 2. The minimum atomic E-state index is -3.74. The van der Waals surface area contributed by atoms with Crippen LogP contribution >= 0.6 is 0 Å². The number of hydrogen-bond donors (Lipinski definition) is 2. The Morgan fingerprint density at radius 1 is 1.12 bits per heavy atom. The second-order valence-corrected chi connectivity index (χ2v) is 7.44. The quantitative estimate of drug-likeness (QED) is 0.576. The molecule has 0 aromatic heterocycles. The first-order valence-electron chi connectivity index (χ1n) is 7.46. The van der Waals surface area contributed by atoms with Crippen molar-refractivity contribution in [1.29, 1.82) is 0 Å². The predicted molar refractivity (Wildman–Crippen MR) is 97.4 cm³/mol. The molecule has 0 amide bonds. The van der Waals surface area contributed by atoms with Crippen LogP contribution in [0, 0.1) is 10.1 Å². The van der Waals surface area contributed by atoms with Gasteiger partial charge < -0.3 is 10.2 Å².